The highest BCUT2D eigenvalue weighted by atomic mass is 32.2. The molecule has 3 rings (SSSR count). The van der Waals surface area contributed by atoms with Crippen molar-refractivity contribution in [3.8, 4) is 0 Å². The lowest BCUT2D eigenvalue weighted by atomic mass is 9.86. The third-order valence-corrected chi connectivity index (χ3v) is 6.58. The largest absolute Gasteiger partial charge is 0.325 e. The van der Waals surface area contributed by atoms with Gasteiger partial charge in [0.15, 0.2) is 0 Å². The molecule has 2 aliphatic heterocycles. The summed E-state index contributed by atoms with van der Waals surface area (Å²) < 4.78 is 27.3. The lowest BCUT2D eigenvalue weighted by molar-refractivity contribution is -0.119. The van der Waals surface area contributed by atoms with Crippen molar-refractivity contribution < 1.29 is 13.2 Å². The molecule has 6 heteroatoms. The van der Waals surface area contributed by atoms with Gasteiger partial charge in [-0.3, -0.25) is 4.79 Å². The number of carbonyl (C=O) groups excluding carboxylic acids is 1. The molecule has 0 atom stereocenters. The SMILES string of the molecule is CC1(C)C(=O)Nc2ccc(S(=O)(=O)N3CCCCCC3)cc21. The van der Waals surface area contributed by atoms with Gasteiger partial charge in [0.05, 0.1) is 10.3 Å². The molecule has 0 aliphatic carbocycles. The highest BCUT2D eigenvalue weighted by Crippen LogP contribution is 2.38. The Hall–Kier alpha value is -1.40. The maximum absolute atomic E-state index is 12.9. The summed E-state index contributed by atoms with van der Waals surface area (Å²) in [6.07, 6.45) is 3.99. The van der Waals surface area contributed by atoms with E-state index in [4.69, 9.17) is 0 Å². The van der Waals surface area contributed by atoms with Gasteiger partial charge in [0.25, 0.3) is 0 Å². The molecule has 0 unspecified atom stereocenters. The van der Waals surface area contributed by atoms with Crippen LogP contribution in [0.3, 0.4) is 0 Å². The molecular formula is C16H22N2O3S. The van der Waals surface area contributed by atoms with Crippen LogP contribution >= 0.6 is 0 Å². The van der Waals surface area contributed by atoms with Gasteiger partial charge >= 0.3 is 0 Å². The fourth-order valence-electron chi connectivity index (χ4n) is 3.14. The Labute approximate surface area is 131 Å². The van der Waals surface area contributed by atoms with E-state index >= 15 is 0 Å². The molecule has 2 aliphatic rings. The Balaban J connectivity index is 1.99. The summed E-state index contributed by atoms with van der Waals surface area (Å²) in [5, 5.41) is 2.81. The zero-order valence-electron chi connectivity index (χ0n) is 13.1. The van der Waals surface area contributed by atoms with Crippen molar-refractivity contribution in [2.24, 2.45) is 0 Å². The predicted octanol–water partition coefficient (Wildman–Crippen LogP) is 2.48. The fraction of sp³-hybridized carbons (Fsp3) is 0.562. The molecule has 0 aromatic heterocycles. The molecule has 1 aromatic carbocycles. The van der Waals surface area contributed by atoms with E-state index in [1.54, 1.807) is 22.5 Å². The molecule has 22 heavy (non-hydrogen) atoms. The first-order chi connectivity index (χ1) is 10.3. The minimum atomic E-state index is -3.48. The van der Waals surface area contributed by atoms with E-state index in [1.165, 1.54) is 0 Å². The molecule has 120 valence electrons. The van der Waals surface area contributed by atoms with Gasteiger partial charge in [-0.2, -0.15) is 4.31 Å². The molecule has 5 nitrogen and oxygen atoms in total. The van der Waals surface area contributed by atoms with E-state index in [2.05, 4.69) is 5.32 Å². The van der Waals surface area contributed by atoms with E-state index < -0.39 is 15.4 Å². The van der Waals surface area contributed by atoms with Crippen LogP contribution in [0.4, 0.5) is 5.69 Å². The third kappa shape index (κ3) is 2.44. The highest BCUT2D eigenvalue weighted by Gasteiger charge is 2.39. The van der Waals surface area contributed by atoms with Gasteiger partial charge in [-0.25, -0.2) is 8.42 Å². The molecule has 1 amide bonds. The summed E-state index contributed by atoms with van der Waals surface area (Å²) in [6.45, 7) is 4.80. The monoisotopic (exact) mass is 322 g/mol. The summed E-state index contributed by atoms with van der Waals surface area (Å²) >= 11 is 0. The molecule has 0 saturated carbocycles. The van der Waals surface area contributed by atoms with Gasteiger partial charge in [0.2, 0.25) is 15.9 Å². The second kappa shape index (κ2) is 5.35. The van der Waals surface area contributed by atoms with Crippen LogP contribution in [0.15, 0.2) is 23.1 Å². The average Bonchev–Trinajstić information content (AvgIpc) is 2.69. The standard InChI is InChI=1S/C16H22N2O3S/c1-16(2)13-11-12(7-8-14(13)17-15(16)19)22(20,21)18-9-5-3-4-6-10-18/h7-8,11H,3-6,9-10H2,1-2H3,(H,17,19). The number of carbonyl (C=O) groups is 1. The Morgan fingerprint density at radius 3 is 2.36 bits per heavy atom. The van der Waals surface area contributed by atoms with Gasteiger partial charge in [-0.15, -0.1) is 0 Å². The highest BCUT2D eigenvalue weighted by molar-refractivity contribution is 7.89. The lowest BCUT2D eigenvalue weighted by Gasteiger charge is -2.21. The second-order valence-corrected chi connectivity index (χ2v) is 8.54. The van der Waals surface area contributed by atoms with Gasteiger partial charge in [-0.05, 0) is 50.5 Å². The average molecular weight is 322 g/mol. The van der Waals surface area contributed by atoms with E-state index in [9.17, 15) is 13.2 Å². The van der Waals surface area contributed by atoms with Crippen LogP contribution in [-0.4, -0.2) is 31.7 Å². The normalized spacial score (nSPS) is 22.0. The van der Waals surface area contributed by atoms with Crippen LogP contribution in [0, 0.1) is 0 Å². The summed E-state index contributed by atoms with van der Waals surface area (Å²) in [4.78, 5) is 12.3. The number of amides is 1. The smallest absolute Gasteiger partial charge is 0.243 e. The molecule has 1 aromatic rings. The van der Waals surface area contributed by atoms with E-state index in [0.717, 1.165) is 31.2 Å². The van der Waals surface area contributed by atoms with Crippen molar-refractivity contribution in [3.05, 3.63) is 23.8 Å². The number of nitrogens with one attached hydrogen (secondary N) is 1. The summed E-state index contributed by atoms with van der Waals surface area (Å²) in [6, 6.07) is 4.96. The van der Waals surface area contributed by atoms with E-state index in [0.29, 0.717) is 18.8 Å². The maximum Gasteiger partial charge on any atom is 0.243 e. The number of sulfonamides is 1. The van der Waals surface area contributed by atoms with Crippen molar-refractivity contribution in [1.29, 1.82) is 0 Å². The summed E-state index contributed by atoms with van der Waals surface area (Å²) in [7, 11) is -3.48. The number of fused-ring (bicyclic) bond motifs is 1. The first-order valence-electron chi connectivity index (χ1n) is 7.79. The van der Waals surface area contributed by atoms with Crippen molar-refractivity contribution in [3.63, 3.8) is 0 Å². The van der Waals surface area contributed by atoms with E-state index in [1.807, 2.05) is 13.8 Å². The molecule has 1 N–H and O–H groups in total. The van der Waals surface area contributed by atoms with Crippen LogP contribution in [0.25, 0.3) is 0 Å². The first kappa shape index (κ1) is 15.5. The minimum absolute atomic E-state index is 0.0909. The van der Waals surface area contributed by atoms with Crippen molar-refractivity contribution in [1.82, 2.24) is 4.31 Å². The Morgan fingerprint density at radius 1 is 1.09 bits per heavy atom. The molecular weight excluding hydrogens is 300 g/mol. The van der Waals surface area contributed by atoms with Gasteiger partial charge in [-0.1, -0.05) is 12.8 Å². The number of hydrogen-bond acceptors (Lipinski definition) is 3. The molecule has 1 saturated heterocycles. The van der Waals surface area contributed by atoms with Crippen molar-refractivity contribution in [2.45, 2.75) is 49.8 Å². The second-order valence-electron chi connectivity index (χ2n) is 6.60. The Bertz CT molecular complexity index is 702. The van der Waals surface area contributed by atoms with Crippen LogP contribution in [-0.2, 0) is 20.2 Å². The molecule has 0 spiro atoms. The molecule has 1 fully saturated rings. The van der Waals surface area contributed by atoms with Crippen molar-refractivity contribution in [2.75, 3.05) is 18.4 Å². The molecule has 2 heterocycles. The molecule has 0 radical (unpaired) electrons. The number of nitrogens with zero attached hydrogens (tertiary/aromatic N) is 1. The number of benzene rings is 1. The lowest BCUT2D eigenvalue weighted by Crippen LogP contribution is -2.32. The maximum atomic E-state index is 12.9. The van der Waals surface area contributed by atoms with Gasteiger partial charge in [0.1, 0.15) is 0 Å². The zero-order valence-corrected chi connectivity index (χ0v) is 13.9. The Kier molecular flexibility index (Phi) is 3.77. The van der Waals surface area contributed by atoms with Crippen LogP contribution in [0.1, 0.15) is 45.1 Å². The van der Waals surface area contributed by atoms with Gasteiger partial charge in [0, 0.05) is 18.8 Å². The predicted molar refractivity (Wildman–Crippen MR) is 85.3 cm³/mol. The number of rotatable bonds is 2. The first-order valence-corrected chi connectivity index (χ1v) is 9.23. The van der Waals surface area contributed by atoms with E-state index in [-0.39, 0.29) is 10.8 Å². The number of anilines is 1. The summed E-state index contributed by atoms with van der Waals surface area (Å²) in [5.74, 6) is -0.0909. The van der Waals surface area contributed by atoms with Crippen LogP contribution in [0.5, 0.6) is 0 Å². The quantitative estimate of drug-likeness (QED) is 0.909. The third-order valence-electron chi connectivity index (χ3n) is 4.68. The minimum Gasteiger partial charge on any atom is -0.325 e. The summed E-state index contributed by atoms with van der Waals surface area (Å²) in [5.41, 5.74) is 0.776. The van der Waals surface area contributed by atoms with Crippen molar-refractivity contribution >= 4 is 21.6 Å². The number of hydrogen-bond donors (Lipinski definition) is 1. The molecule has 0 bridgehead atoms. The van der Waals surface area contributed by atoms with Crippen LogP contribution < -0.4 is 5.32 Å². The fourth-order valence-corrected chi connectivity index (χ4v) is 4.69. The van der Waals surface area contributed by atoms with Gasteiger partial charge < -0.3 is 5.32 Å². The Morgan fingerprint density at radius 2 is 1.73 bits per heavy atom. The topological polar surface area (TPSA) is 66.5 Å². The van der Waals surface area contributed by atoms with Crippen LogP contribution in [0.2, 0.25) is 0 Å². The zero-order chi connectivity index (χ0) is 16.0.